The van der Waals surface area contributed by atoms with Crippen LogP contribution in [0, 0.1) is 6.92 Å². The maximum absolute atomic E-state index is 13.3. The minimum atomic E-state index is 0.0436. The number of fused-ring (bicyclic) bond motifs is 2. The fourth-order valence-corrected chi connectivity index (χ4v) is 5.75. The fraction of sp³-hybridized carbons (Fsp3) is 0.393. The van der Waals surface area contributed by atoms with Crippen LogP contribution >= 0.6 is 0 Å². The van der Waals surface area contributed by atoms with E-state index in [9.17, 15) is 4.79 Å². The molecule has 35 heavy (non-hydrogen) atoms. The molecule has 2 fully saturated rings. The lowest BCUT2D eigenvalue weighted by molar-refractivity contribution is 0.0727. The third-order valence-electron chi connectivity index (χ3n) is 7.92. The summed E-state index contributed by atoms with van der Waals surface area (Å²) >= 11 is 0. The Morgan fingerprint density at radius 1 is 1.14 bits per heavy atom. The van der Waals surface area contributed by atoms with Crippen molar-refractivity contribution in [2.45, 2.75) is 57.7 Å². The molecule has 1 aromatic carbocycles. The maximum Gasteiger partial charge on any atom is 0.274 e. The van der Waals surface area contributed by atoms with E-state index < -0.39 is 0 Å². The highest BCUT2D eigenvalue weighted by atomic mass is 16.2. The average Bonchev–Trinajstić information content (AvgIpc) is 3.26. The molecule has 3 aliphatic rings. The molecule has 7 rings (SSSR count). The standard InChI is InChI=1S/C28H30N6O/c1-17-14-30-27-22(17)13-20(15-31-27)19-11-18-6-9-33(16-24(18)23(12-19)25-3-2-8-29-25)28(35)26-7-10-34(32-26)21-4-5-21/h7,10-15,21,25,29H,2-6,8-9,16H2,1H3,(H,30,31)/t25-/m0/s1. The number of hydrogen-bond donors (Lipinski definition) is 2. The lowest BCUT2D eigenvalue weighted by atomic mass is 9.87. The van der Waals surface area contributed by atoms with Crippen molar-refractivity contribution in [3.8, 4) is 11.1 Å². The summed E-state index contributed by atoms with van der Waals surface area (Å²) < 4.78 is 1.96. The number of aromatic nitrogens is 4. The van der Waals surface area contributed by atoms with Crippen LogP contribution in [0.15, 0.2) is 42.9 Å². The van der Waals surface area contributed by atoms with Crippen molar-refractivity contribution >= 4 is 16.9 Å². The Morgan fingerprint density at radius 3 is 2.89 bits per heavy atom. The van der Waals surface area contributed by atoms with E-state index in [1.165, 1.54) is 52.5 Å². The fourth-order valence-electron chi connectivity index (χ4n) is 5.75. The van der Waals surface area contributed by atoms with Crippen LogP contribution in [0.3, 0.4) is 0 Å². The number of H-pyrrole nitrogens is 1. The van der Waals surface area contributed by atoms with Crippen LogP contribution in [-0.2, 0) is 13.0 Å². The first-order chi connectivity index (χ1) is 17.1. The van der Waals surface area contributed by atoms with Gasteiger partial charge < -0.3 is 15.2 Å². The van der Waals surface area contributed by atoms with Gasteiger partial charge in [-0.05, 0) is 91.6 Å². The molecule has 1 atom stereocenters. The van der Waals surface area contributed by atoms with Gasteiger partial charge in [-0.25, -0.2) is 4.98 Å². The normalized spacial score (nSPS) is 19.9. The number of carbonyl (C=O) groups excluding carboxylic acids is 1. The third-order valence-corrected chi connectivity index (χ3v) is 7.92. The second-order valence-electron chi connectivity index (χ2n) is 10.3. The molecule has 5 heterocycles. The molecule has 3 aromatic heterocycles. The number of rotatable bonds is 4. The van der Waals surface area contributed by atoms with E-state index in [4.69, 9.17) is 0 Å². The Hall–Kier alpha value is -3.45. The first-order valence-electron chi connectivity index (χ1n) is 12.8. The van der Waals surface area contributed by atoms with Gasteiger partial charge in [-0.15, -0.1) is 0 Å². The first kappa shape index (κ1) is 20.9. The molecule has 1 aliphatic carbocycles. The Morgan fingerprint density at radius 2 is 2.06 bits per heavy atom. The minimum Gasteiger partial charge on any atom is -0.346 e. The van der Waals surface area contributed by atoms with Gasteiger partial charge in [-0.3, -0.25) is 9.48 Å². The summed E-state index contributed by atoms with van der Waals surface area (Å²) in [7, 11) is 0. The van der Waals surface area contributed by atoms with E-state index in [1.54, 1.807) is 0 Å². The molecule has 2 N–H and O–H groups in total. The van der Waals surface area contributed by atoms with E-state index in [0.29, 0.717) is 24.3 Å². The average molecular weight is 467 g/mol. The van der Waals surface area contributed by atoms with Crippen molar-refractivity contribution in [1.29, 1.82) is 0 Å². The summed E-state index contributed by atoms with van der Waals surface area (Å²) in [6.45, 7) is 4.52. The van der Waals surface area contributed by atoms with Crippen LogP contribution in [0.2, 0.25) is 0 Å². The lowest BCUT2D eigenvalue weighted by Gasteiger charge is -2.32. The van der Waals surface area contributed by atoms with Crippen LogP contribution in [-0.4, -0.2) is 43.6 Å². The molecule has 178 valence electrons. The molecule has 7 heteroatoms. The summed E-state index contributed by atoms with van der Waals surface area (Å²) in [4.78, 5) is 23.2. The summed E-state index contributed by atoms with van der Waals surface area (Å²) in [5, 5.41) is 9.45. The number of benzene rings is 1. The second kappa shape index (κ2) is 8.05. The van der Waals surface area contributed by atoms with E-state index >= 15 is 0 Å². The molecule has 0 unspecified atom stereocenters. The largest absolute Gasteiger partial charge is 0.346 e. The van der Waals surface area contributed by atoms with Gasteiger partial charge in [-0.1, -0.05) is 6.07 Å². The van der Waals surface area contributed by atoms with Crippen molar-refractivity contribution in [2.75, 3.05) is 13.1 Å². The quantitative estimate of drug-likeness (QED) is 0.457. The van der Waals surface area contributed by atoms with Crippen LogP contribution in [0.1, 0.15) is 70.5 Å². The van der Waals surface area contributed by atoms with Gasteiger partial charge in [0.05, 0.1) is 6.04 Å². The Kier molecular flexibility index (Phi) is 4.81. The van der Waals surface area contributed by atoms with E-state index in [-0.39, 0.29) is 5.91 Å². The van der Waals surface area contributed by atoms with Crippen molar-refractivity contribution < 1.29 is 4.79 Å². The van der Waals surface area contributed by atoms with Crippen molar-refractivity contribution in [3.63, 3.8) is 0 Å². The molecule has 4 aromatic rings. The van der Waals surface area contributed by atoms with Gasteiger partial charge in [0.1, 0.15) is 11.3 Å². The topological polar surface area (TPSA) is 78.8 Å². The Labute approximate surface area is 204 Å². The zero-order valence-corrected chi connectivity index (χ0v) is 20.1. The minimum absolute atomic E-state index is 0.0436. The molecule has 1 saturated heterocycles. The highest BCUT2D eigenvalue weighted by Gasteiger charge is 2.30. The Bertz CT molecular complexity index is 1440. The SMILES string of the molecule is Cc1c[nH]c2ncc(-c3cc4c(c([C@@H]5CCCN5)c3)CN(C(=O)c3ccn(C5CC5)n3)CC4)cc12. The van der Waals surface area contributed by atoms with Crippen LogP contribution in [0.5, 0.6) is 0 Å². The van der Waals surface area contributed by atoms with E-state index in [2.05, 4.69) is 45.5 Å². The van der Waals surface area contributed by atoms with Crippen LogP contribution in [0.4, 0.5) is 0 Å². The summed E-state index contributed by atoms with van der Waals surface area (Å²) in [6.07, 6.45) is 11.4. The smallest absolute Gasteiger partial charge is 0.274 e. The zero-order chi connectivity index (χ0) is 23.5. The summed E-state index contributed by atoms with van der Waals surface area (Å²) in [5.74, 6) is 0.0436. The molecule has 7 nitrogen and oxygen atoms in total. The monoisotopic (exact) mass is 466 g/mol. The molecule has 0 radical (unpaired) electrons. The van der Waals surface area contributed by atoms with Crippen LogP contribution in [0.25, 0.3) is 22.2 Å². The van der Waals surface area contributed by atoms with Gasteiger partial charge >= 0.3 is 0 Å². The predicted molar refractivity (Wildman–Crippen MR) is 135 cm³/mol. The van der Waals surface area contributed by atoms with Crippen molar-refractivity contribution in [2.24, 2.45) is 0 Å². The number of amides is 1. The molecule has 1 saturated carbocycles. The lowest BCUT2D eigenvalue weighted by Crippen LogP contribution is -2.37. The van der Waals surface area contributed by atoms with E-state index in [0.717, 1.165) is 37.1 Å². The number of aromatic amines is 1. The van der Waals surface area contributed by atoms with Crippen LogP contribution < -0.4 is 5.32 Å². The Balaban J connectivity index is 1.25. The molecular weight excluding hydrogens is 436 g/mol. The first-order valence-corrected chi connectivity index (χ1v) is 12.8. The van der Waals surface area contributed by atoms with Gasteiger partial charge in [0.2, 0.25) is 0 Å². The van der Waals surface area contributed by atoms with Crippen molar-refractivity contribution in [1.82, 2.24) is 30.0 Å². The molecular formula is C28H30N6O. The molecule has 1 amide bonds. The molecule has 0 bridgehead atoms. The highest BCUT2D eigenvalue weighted by molar-refractivity contribution is 5.92. The van der Waals surface area contributed by atoms with Gasteiger partial charge in [0, 0.05) is 48.7 Å². The number of carbonyl (C=O) groups is 1. The molecule has 0 spiro atoms. The van der Waals surface area contributed by atoms with Gasteiger partial charge in [0.25, 0.3) is 5.91 Å². The van der Waals surface area contributed by atoms with E-state index in [1.807, 2.05) is 34.2 Å². The number of pyridine rings is 1. The third kappa shape index (κ3) is 3.65. The maximum atomic E-state index is 13.3. The number of hydrogen-bond acceptors (Lipinski definition) is 4. The van der Waals surface area contributed by atoms with Gasteiger partial charge in [-0.2, -0.15) is 5.10 Å². The summed E-state index contributed by atoms with van der Waals surface area (Å²) in [6, 6.07) is 9.60. The van der Waals surface area contributed by atoms with Crippen molar-refractivity contribution in [3.05, 3.63) is 70.8 Å². The zero-order valence-electron chi connectivity index (χ0n) is 20.1. The predicted octanol–water partition coefficient (Wildman–Crippen LogP) is 4.69. The second-order valence-corrected chi connectivity index (χ2v) is 10.3. The summed E-state index contributed by atoms with van der Waals surface area (Å²) in [5.41, 5.74) is 9.06. The van der Waals surface area contributed by atoms with Gasteiger partial charge in [0.15, 0.2) is 0 Å². The number of aryl methyl sites for hydroxylation is 1. The number of nitrogens with one attached hydrogen (secondary N) is 2. The highest BCUT2D eigenvalue weighted by Crippen LogP contribution is 2.37. The molecule has 2 aliphatic heterocycles. The number of nitrogens with zero attached hydrogens (tertiary/aromatic N) is 4.